The second-order valence-corrected chi connectivity index (χ2v) is 4.83. The largest absolute Gasteiger partial charge is 0.504 e. The summed E-state index contributed by atoms with van der Waals surface area (Å²) in [6.07, 6.45) is 10.7. The molecule has 0 amide bonds. The quantitative estimate of drug-likeness (QED) is 0.541. The van der Waals surface area contributed by atoms with Crippen molar-refractivity contribution in [3.63, 3.8) is 0 Å². The fraction of sp³-hybridized carbons (Fsp3) is 0.818. The second-order valence-electron chi connectivity index (χ2n) is 4.83. The maximum atomic E-state index is 5.21. The SMILES string of the molecule is COC=C1C2(CC2)CCC12CC2. The molecule has 1 heteroatoms. The fourth-order valence-corrected chi connectivity index (χ4v) is 3.02. The van der Waals surface area contributed by atoms with E-state index in [1.807, 2.05) is 0 Å². The lowest BCUT2D eigenvalue weighted by molar-refractivity contribution is 0.323. The Morgan fingerprint density at radius 2 is 1.42 bits per heavy atom. The molecular formula is C11H16O. The highest BCUT2D eigenvalue weighted by Crippen LogP contribution is 2.74. The van der Waals surface area contributed by atoms with Crippen molar-refractivity contribution in [2.75, 3.05) is 7.11 Å². The minimum absolute atomic E-state index is 0.645. The van der Waals surface area contributed by atoms with Gasteiger partial charge in [-0.3, -0.25) is 0 Å². The lowest BCUT2D eigenvalue weighted by Gasteiger charge is -2.13. The van der Waals surface area contributed by atoms with Gasteiger partial charge in [-0.1, -0.05) is 0 Å². The summed E-state index contributed by atoms with van der Waals surface area (Å²) in [5.41, 5.74) is 2.97. The smallest absolute Gasteiger partial charge is 0.0827 e. The predicted molar refractivity (Wildman–Crippen MR) is 47.7 cm³/mol. The van der Waals surface area contributed by atoms with Gasteiger partial charge in [0.2, 0.25) is 0 Å². The van der Waals surface area contributed by atoms with Crippen LogP contribution in [0.1, 0.15) is 38.5 Å². The third-order valence-corrected chi connectivity index (χ3v) is 4.17. The van der Waals surface area contributed by atoms with Gasteiger partial charge in [0.1, 0.15) is 0 Å². The number of allylic oxidation sites excluding steroid dienone is 1. The maximum Gasteiger partial charge on any atom is 0.0827 e. The first-order chi connectivity index (χ1) is 5.81. The molecule has 3 aliphatic rings. The van der Waals surface area contributed by atoms with Crippen molar-refractivity contribution in [3.8, 4) is 0 Å². The summed E-state index contributed by atoms with van der Waals surface area (Å²) in [6, 6.07) is 0. The van der Waals surface area contributed by atoms with E-state index in [0.29, 0.717) is 10.8 Å². The van der Waals surface area contributed by atoms with E-state index in [-0.39, 0.29) is 0 Å². The molecule has 0 aromatic carbocycles. The maximum absolute atomic E-state index is 5.21. The summed E-state index contributed by atoms with van der Waals surface area (Å²) in [7, 11) is 1.79. The van der Waals surface area contributed by atoms with Crippen LogP contribution in [0.3, 0.4) is 0 Å². The molecule has 0 N–H and O–H groups in total. The zero-order chi connectivity index (χ0) is 8.23. The normalized spacial score (nSPS) is 32.6. The van der Waals surface area contributed by atoms with E-state index < -0.39 is 0 Å². The fourth-order valence-electron chi connectivity index (χ4n) is 3.02. The van der Waals surface area contributed by atoms with Gasteiger partial charge < -0.3 is 4.74 Å². The minimum Gasteiger partial charge on any atom is -0.504 e. The Bertz CT molecular complexity index is 222. The molecule has 3 saturated carbocycles. The van der Waals surface area contributed by atoms with Gasteiger partial charge in [0, 0.05) is 0 Å². The average Bonchev–Trinajstić information content (AvgIpc) is 2.94. The minimum atomic E-state index is 0.645. The van der Waals surface area contributed by atoms with E-state index in [4.69, 9.17) is 4.74 Å². The standard InChI is InChI=1S/C11H16O/c1-12-8-9-10(2-3-10)6-7-11(9)4-5-11/h8H,2-7H2,1H3. The van der Waals surface area contributed by atoms with E-state index >= 15 is 0 Å². The molecule has 2 spiro atoms. The Kier molecular flexibility index (Phi) is 1.10. The Labute approximate surface area is 73.8 Å². The van der Waals surface area contributed by atoms with Crippen LogP contribution in [0.15, 0.2) is 11.8 Å². The third-order valence-electron chi connectivity index (χ3n) is 4.17. The van der Waals surface area contributed by atoms with Crippen LogP contribution < -0.4 is 0 Å². The zero-order valence-electron chi connectivity index (χ0n) is 7.73. The van der Waals surface area contributed by atoms with Crippen LogP contribution in [-0.2, 0) is 4.74 Å². The molecule has 0 atom stereocenters. The number of hydrogen-bond donors (Lipinski definition) is 0. The predicted octanol–water partition coefficient (Wildman–Crippen LogP) is 2.87. The van der Waals surface area contributed by atoms with E-state index in [2.05, 4.69) is 6.26 Å². The summed E-state index contributed by atoms with van der Waals surface area (Å²) in [6.45, 7) is 0. The van der Waals surface area contributed by atoms with Crippen molar-refractivity contribution in [2.45, 2.75) is 38.5 Å². The Balaban J connectivity index is 1.97. The average molecular weight is 164 g/mol. The van der Waals surface area contributed by atoms with Gasteiger partial charge in [-0.15, -0.1) is 0 Å². The second kappa shape index (κ2) is 1.89. The molecule has 0 aromatic rings. The summed E-state index contributed by atoms with van der Waals surface area (Å²) >= 11 is 0. The summed E-state index contributed by atoms with van der Waals surface area (Å²) in [5, 5.41) is 0. The number of rotatable bonds is 1. The van der Waals surface area contributed by atoms with Crippen molar-refractivity contribution >= 4 is 0 Å². The number of hydrogen-bond acceptors (Lipinski definition) is 1. The van der Waals surface area contributed by atoms with E-state index in [9.17, 15) is 0 Å². The van der Waals surface area contributed by atoms with Crippen LogP contribution >= 0.6 is 0 Å². The third kappa shape index (κ3) is 0.699. The Morgan fingerprint density at radius 3 is 1.75 bits per heavy atom. The first-order valence-electron chi connectivity index (χ1n) is 5.05. The number of ether oxygens (including phenoxy) is 1. The highest BCUT2D eigenvalue weighted by molar-refractivity contribution is 5.36. The van der Waals surface area contributed by atoms with Crippen LogP contribution in [0.5, 0.6) is 0 Å². The van der Waals surface area contributed by atoms with Crippen molar-refractivity contribution in [3.05, 3.63) is 11.8 Å². The molecule has 0 aliphatic heterocycles. The molecule has 0 unspecified atom stereocenters. The highest BCUT2D eigenvalue weighted by Gasteiger charge is 2.63. The molecule has 0 aromatic heterocycles. The monoisotopic (exact) mass is 164 g/mol. The van der Waals surface area contributed by atoms with Gasteiger partial charge >= 0.3 is 0 Å². The van der Waals surface area contributed by atoms with Crippen molar-refractivity contribution in [1.29, 1.82) is 0 Å². The summed E-state index contributed by atoms with van der Waals surface area (Å²) in [4.78, 5) is 0. The van der Waals surface area contributed by atoms with Crippen molar-refractivity contribution in [1.82, 2.24) is 0 Å². The molecule has 3 aliphatic carbocycles. The van der Waals surface area contributed by atoms with Gasteiger partial charge in [-0.05, 0) is 54.9 Å². The molecular weight excluding hydrogens is 148 g/mol. The molecule has 0 saturated heterocycles. The lowest BCUT2D eigenvalue weighted by atomic mass is 9.93. The van der Waals surface area contributed by atoms with Crippen molar-refractivity contribution in [2.24, 2.45) is 10.8 Å². The zero-order valence-corrected chi connectivity index (χ0v) is 7.73. The molecule has 0 bridgehead atoms. The van der Waals surface area contributed by atoms with Crippen LogP contribution in [-0.4, -0.2) is 7.11 Å². The molecule has 66 valence electrons. The first-order valence-corrected chi connectivity index (χ1v) is 5.05. The van der Waals surface area contributed by atoms with Crippen LogP contribution in [0.2, 0.25) is 0 Å². The Morgan fingerprint density at radius 1 is 1.00 bits per heavy atom. The first kappa shape index (κ1) is 6.99. The van der Waals surface area contributed by atoms with E-state index in [1.165, 1.54) is 38.5 Å². The lowest BCUT2D eigenvalue weighted by Crippen LogP contribution is -2.03. The van der Waals surface area contributed by atoms with Crippen LogP contribution in [0.25, 0.3) is 0 Å². The number of methoxy groups -OCH3 is 1. The Hall–Kier alpha value is -0.460. The molecule has 0 radical (unpaired) electrons. The molecule has 0 heterocycles. The van der Waals surface area contributed by atoms with E-state index in [0.717, 1.165) is 0 Å². The van der Waals surface area contributed by atoms with Gasteiger partial charge in [0.15, 0.2) is 0 Å². The molecule has 3 fully saturated rings. The summed E-state index contributed by atoms with van der Waals surface area (Å²) < 4.78 is 5.21. The van der Waals surface area contributed by atoms with Gasteiger partial charge in [0.05, 0.1) is 13.4 Å². The van der Waals surface area contributed by atoms with Crippen molar-refractivity contribution < 1.29 is 4.74 Å². The van der Waals surface area contributed by atoms with Gasteiger partial charge in [-0.2, -0.15) is 0 Å². The topological polar surface area (TPSA) is 9.23 Å². The van der Waals surface area contributed by atoms with Crippen LogP contribution in [0, 0.1) is 10.8 Å². The summed E-state index contributed by atoms with van der Waals surface area (Å²) in [5.74, 6) is 0. The molecule has 1 nitrogen and oxygen atoms in total. The molecule has 12 heavy (non-hydrogen) atoms. The van der Waals surface area contributed by atoms with E-state index in [1.54, 1.807) is 12.7 Å². The van der Waals surface area contributed by atoms with Crippen LogP contribution in [0.4, 0.5) is 0 Å². The van der Waals surface area contributed by atoms with Gasteiger partial charge in [0.25, 0.3) is 0 Å². The van der Waals surface area contributed by atoms with Gasteiger partial charge in [-0.25, -0.2) is 0 Å². The molecule has 3 rings (SSSR count). The highest BCUT2D eigenvalue weighted by atomic mass is 16.5.